The predicted octanol–water partition coefficient (Wildman–Crippen LogP) is 2.85. The summed E-state index contributed by atoms with van der Waals surface area (Å²) in [5.41, 5.74) is -6.96. The highest BCUT2D eigenvalue weighted by atomic mass is 19.4. The molecule has 1 heterocycles. The van der Waals surface area contributed by atoms with E-state index in [0.717, 1.165) is 0 Å². The van der Waals surface area contributed by atoms with Crippen LogP contribution >= 0.6 is 0 Å². The van der Waals surface area contributed by atoms with Gasteiger partial charge in [-0.05, 0) is 0 Å². The number of nitrogens with two attached hydrogens (primary N) is 1. The smallest absolute Gasteiger partial charge is 0.385 e. The van der Waals surface area contributed by atoms with Gasteiger partial charge in [0.05, 0.1) is 0 Å². The molecule has 134 valence electrons. The number of alkyl halides is 12. The first-order chi connectivity index (χ1) is 9.83. The number of hydrogen-bond donors (Lipinski definition) is 1. The Kier molecular flexibility index (Phi) is 2.96. The second kappa shape index (κ2) is 3.80. The zero-order valence-corrected chi connectivity index (χ0v) is 9.97. The van der Waals surface area contributed by atoms with Gasteiger partial charge in [-0.3, -0.25) is 0 Å². The van der Waals surface area contributed by atoms with Crippen molar-refractivity contribution in [2.75, 3.05) is 0 Å². The molecule has 0 amide bonds. The second-order valence-corrected chi connectivity index (χ2v) is 4.64. The van der Waals surface area contributed by atoms with E-state index in [9.17, 15) is 52.7 Å². The van der Waals surface area contributed by atoms with Crippen LogP contribution in [0, 0.1) is 0 Å². The van der Waals surface area contributed by atoms with Crippen LogP contribution in [-0.2, 0) is 4.74 Å². The molecule has 0 radical (unpaired) electrons. The molecule has 0 bridgehead atoms. The van der Waals surface area contributed by atoms with Crippen LogP contribution < -0.4 is 5.73 Å². The summed E-state index contributed by atoms with van der Waals surface area (Å²) < 4.78 is 157. The van der Waals surface area contributed by atoms with Gasteiger partial charge in [-0.25, -0.2) is 4.99 Å². The Morgan fingerprint density at radius 1 is 0.739 bits per heavy atom. The Labute approximate surface area is 117 Å². The van der Waals surface area contributed by atoms with Crippen molar-refractivity contribution >= 4 is 5.84 Å². The number of rotatable bonds is 0. The van der Waals surface area contributed by atoms with Gasteiger partial charge in [-0.15, -0.1) is 0 Å². The third kappa shape index (κ3) is 1.47. The zero-order chi connectivity index (χ0) is 18.5. The van der Waals surface area contributed by atoms with Gasteiger partial charge in [0.2, 0.25) is 0 Å². The second-order valence-electron chi connectivity index (χ2n) is 4.64. The highest BCUT2D eigenvalue weighted by Crippen LogP contribution is 2.72. The third-order valence-electron chi connectivity index (χ3n) is 3.38. The fraction of sp³-hybridized carbons (Fsp3) is 0.875. The topological polar surface area (TPSA) is 47.6 Å². The molecule has 1 saturated carbocycles. The number of ether oxygens (including phenoxy) is 1. The molecule has 0 aromatic rings. The van der Waals surface area contributed by atoms with Gasteiger partial charge in [-0.1, -0.05) is 0 Å². The first-order valence-electron chi connectivity index (χ1n) is 5.16. The van der Waals surface area contributed by atoms with Crippen LogP contribution in [0.15, 0.2) is 4.99 Å². The number of halogens is 12. The lowest BCUT2D eigenvalue weighted by molar-refractivity contribution is -0.506. The minimum absolute atomic E-state index is 1.52. The fourth-order valence-electron chi connectivity index (χ4n) is 2.17. The summed E-state index contributed by atoms with van der Waals surface area (Å²) >= 11 is 0. The Bertz CT molecular complexity index is 541. The van der Waals surface area contributed by atoms with E-state index in [1.165, 1.54) is 4.99 Å². The van der Waals surface area contributed by atoms with Gasteiger partial charge in [0.15, 0.2) is 0 Å². The predicted molar refractivity (Wildman–Crippen MR) is 45.1 cm³/mol. The molecule has 3 nitrogen and oxygen atoms in total. The number of hydrogen-bond acceptors (Lipinski definition) is 3. The molecule has 2 N–H and O–H groups in total. The summed E-state index contributed by atoms with van der Waals surface area (Å²) in [5, 5.41) is 0. The van der Waals surface area contributed by atoms with Gasteiger partial charge in [0, 0.05) is 0 Å². The monoisotopic (exact) mass is 370 g/mol. The van der Waals surface area contributed by atoms with Gasteiger partial charge in [0.1, 0.15) is 5.84 Å². The maximum Gasteiger partial charge on any atom is 0.448 e. The van der Waals surface area contributed by atoms with Crippen molar-refractivity contribution < 1.29 is 57.4 Å². The molecular weight excluding hydrogens is 368 g/mol. The maximum atomic E-state index is 13.3. The van der Waals surface area contributed by atoms with Crippen LogP contribution in [0.3, 0.4) is 0 Å². The molecule has 0 unspecified atom stereocenters. The Hall–Kier alpha value is -1.41. The van der Waals surface area contributed by atoms with E-state index < -0.39 is 47.3 Å². The van der Waals surface area contributed by atoms with Crippen LogP contribution in [-0.4, -0.2) is 47.3 Å². The van der Waals surface area contributed by atoms with Crippen molar-refractivity contribution in [2.45, 2.75) is 41.4 Å². The van der Waals surface area contributed by atoms with Crippen molar-refractivity contribution in [2.24, 2.45) is 10.7 Å². The molecule has 1 spiro atoms. The molecule has 2 rings (SSSR count). The third-order valence-corrected chi connectivity index (χ3v) is 3.38. The normalized spacial score (nSPS) is 30.0. The summed E-state index contributed by atoms with van der Waals surface area (Å²) in [6.07, 6.45) is -13.4. The van der Waals surface area contributed by atoms with Crippen LogP contribution in [0.25, 0.3) is 0 Å². The molecule has 0 aromatic heterocycles. The summed E-state index contributed by atoms with van der Waals surface area (Å²) in [7, 11) is 0. The van der Waals surface area contributed by atoms with E-state index in [0.29, 0.717) is 0 Å². The quantitative estimate of drug-likeness (QED) is 0.667. The molecule has 0 atom stereocenters. The maximum absolute atomic E-state index is 13.3. The lowest BCUT2D eigenvalue weighted by Gasteiger charge is -2.56. The number of aliphatic imine (C=N–C) groups is 1. The van der Waals surface area contributed by atoms with Crippen molar-refractivity contribution in [3.05, 3.63) is 0 Å². The van der Waals surface area contributed by atoms with E-state index in [4.69, 9.17) is 0 Å². The summed E-state index contributed by atoms with van der Waals surface area (Å²) in [5.74, 6) is -21.4. The first-order valence-corrected chi connectivity index (χ1v) is 5.16. The molecule has 15 heteroatoms. The van der Waals surface area contributed by atoms with Gasteiger partial charge < -0.3 is 10.5 Å². The van der Waals surface area contributed by atoms with E-state index in [1.54, 1.807) is 0 Å². The lowest BCUT2D eigenvalue weighted by Crippen LogP contribution is -2.90. The van der Waals surface area contributed by atoms with E-state index in [2.05, 4.69) is 10.5 Å². The molecule has 23 heavy (non-hydrogen) atoms. The van der Waals surface area contributed by atoms with Gasteiger partial charge in [-0.2, -0.15) is 52.7 Å². The number of nitrogens with zero attached hydrogens (tertiary/aromatic N) is 1. The minimum Gasteiger partial charge on any atom is -0.385 e. The Morgan fingerprint density at radius 3 is 1.35 bits per heavy atom. The van der Waals surface area contributed by atoms with Crippen molar-refractivity contribution in [1.29, 1.82) is 0 Å². The average molecular weight is 370 g/mol. The van der Waals surface area contributed by atoms with Crippen LogP contribution in [0.2, 0.25) is 0 Å². The van der Waals surface area contributed by atoms with Gasteiger partial charge in [0.25, 0.3) is 5.60 Å². The van der Waals surface area contributed by atoms with Crippen molar-refractivity contribution in [3.8, 4) is 0 Å². The minimum atomic E-state index is -6.68. The van der Waals surface area contributed by atoms with E-state index in [1.807, 2.05) is 0 Å². The number of amidine groups is 1. The van der Waals surface area contributed by atoms with E-state index >= 15 is 0 Å². The van der Waals surface area contributed by atoms with Gasteiger partial charge >= 0.3 is 35.8 Å². The Balaban J connectivity index is 2.72. The molecule has 1 fully saturated rings. The first kappa shape index (κ1) is 17.9. The highest BCUT2D eigenvalue weighted by molar-refractivity contribution is 5.96. The molecule has 1 aliphatic carbocycles. The molecule has 0 aromatic carbocycles. The Morgan fingerprint density at radius 2 is 1.09 bits per heavy atom. The van der Waals surface area contributed by atoms with Crippen molar-refractivity contribution in [1.82, 2.24) is 0 Å². The molecule has 2 aliphatic rings. The molecular formula is C8H2F12N2O. The SMILES string of the molecule is NC1=NC(C(F)(F)F)(C(F)(F)F)OC12C(F)(F)C(F)(F)C2(F)F. The van der Waals surface area contributed by atoms with Crippen LogP contribution in [0.5, 0.6) is 0 Å². The van der Waals surface area contributed by atoms with E-state index in [-0.39, 0.29) is 0 Å². The average Bonchev–Trinajstić information content (AvgIpc) is 2.64. The molecule has 0 saturated heterocycles. The van der Waals surface area contributed by atoms with Crippen LogP contribution in [0.4, 0.5) is 52.7 Å². The largest absolute Gasteiger partial charge is 0.448 e. The lowest BCUT2D eigenvalue weighted by atomic mass is 9.67. The summed E-state index contributed by atoms with van der Waals surface area (Å²) in [4.78, 5) is 1.52. The summed E-state index contributed by atoms with van der Waals surface area (Å²) in [6, 6.07) is 0. The summed E-state index contributed by atoms with van der Waals surface area (Å²) in [6.45, 7) is 0. The highest BCUT2D eigenvalue weighted by Gasteiger charge is 3.04. The van der Waals surface area contributed by atoms with Crippen LogP contribution in [0.1, 0.15) is 0 Å². The van der Waals surface area contributed by atoms with Crippen molar-refractivity contribution in [3.63, 3.8) is 0 Å². The zero-order valence-electron chi connectivity index (χ0n) is 9.97. The standard InChI is InChI=1S/C8H2F12N2O/c9-3(10)2(4(11,12)5(3,13)14)1(21)22-6(23-2,7(15,16)17)8(18,19)20/h(H2,21,22). The molecule has 1 aliphatic heterocycles. The fourth-order valence-corrected chi connectivity index (χ4v) is 2.17.